The van der Waals surface area contributed by atoms with Gasteiger partial charge in [-0.05, 0) is 43.9 Å². The molecule has 1 amide bonds. The first kappa shape index (κ1) is 22.4. The number of hydrogen-bond donors (Lipinski definition) is 3. The van der Waals surface area contributed by atoms with Gasteiger partial charge in [0.2, 0.25) is 5.91 Å². The van der Waals surface area contributed by atoms with Gasteiger partial charge >= 0.3 is 0 Å². The van der Waals surface area contributed by atoms with Crippen LogP contribution in [0.5, 0.6) is 0 Å². The van der Waals surface area contributed by atoms with Crippen LogP contribution in [0.2, 0.25) is 0 Å². The van der Waals surface area contributed by atoms with E-state index >= 15 is 0 Å². The lowest BCUT2D eigenvalue weighted by molar-refractivity contribution is -0.134. The van der Waals surface area contributed by atoms with E-state index in [1.165, 1.54) is 12.8 Å². The van der Waals surface area contributed by atoms with Gasteiger partial charge in [0.15, 0.2) is 5.96 Å². The van der Waals surface area contributed by atoms with Crippen LogP contribution in [0.4, 0.5) is 5.69 Å². The van der Waals surface area contributed by atoms with Crippen molar-refractivity contribution in [1.82, 2.24) is 15.5 Å². The first-order valence-corrected chi connectivity index (χ1v) is 11.3. The molecular weight excluding hydrogens is 378 g/mol. The fourth-order valence-electron chi connectivity index (χ4n) is 4.22. The zero-order valence-corrected chi connectivity index (χ0v) is 18.5. The molecular formula is C23H37N5O2. The van der Waals surface area contributed by atoms with Crippen LogP contribution in [0.1, 0.15) is 44.6 Å². The molecule has 1 saturated heterocycles. The van der Waals surface area contributed by atoms with E-state index in [4.69, 9.17) is 9.73 Å². The number of guanidine groups is 1. The smallest absolute Gasteiger partial charge is 0.225 e. The van der Waals surface area contributed by atoms with Crippen LogP contribution in [0.3, 0.4) is 0 Å². The molecule has 0 bridgehead atoms. The molecule has 0 spiro atoms. The van der Waals surface area contributed by atoms with Gasteiger partial charge in [0, 0.05) is 50.9 Å². The third kappa shape index (κ3) is 6.62. The number of anilines is 1. The number of nitrogens with one attached hydrogen (secondary N) is 3. The summed E-state index contributed by atoms with van der Waals surface area (Å²) in [5.74, 6) is 1.44. The van der Waals surface area contributed by atoms with E-state index in [0.717, 1.165) is 62.7 Å². The molecule has 1 aliphatic heterocycles. The van der Waals surface area contributed by atoms with Crippen molar-refractivity contribution in [2.24, 2.45) is 10.9 Å². The Bertz CT molecular complexity index is 685. The second kappa shape index (κ2) is 11.8. The Kier molecular flexibility index (Phi) is 8.81. The lowest BCUT2D eigenvalue weighted by Crippen LogP contribution is -2.45. The summed E-state index contributed by atoms with van der Waals surface area (Å²) >= 11 is 0. The number of nitrogens with zero attached hydrogens (tertiary/aromatic N) is 2. The Balaban J connectivity index is 1.49. The van der Waals surface area contributed by atoms with Gasteiger partial charge in [-0.1, -0.05) is 25.0 Å². The minimum Gasteiger partial charge on any atom is -0.383 e. The molecule has 3 N–H and O–H groups in total. The zero-order valence-electron chi connectivity index (χ0n) is 18.5. The maximum absolute atomic E-state index is 12.7. The summed E-state index contributed by atoms with van der Waals surface area (Å²) in [5.41, 5.74) is 2.25. The van der Waals surface area contributed by atoms with Crippen molar-refractivity contribution in [1.29, 1.82) is 0 Å². The topological polar surface area (TPSA) is 78.0 Å². The normalized spacial score (nSPS) is 19.9. The number of likely N-dealkylation sites (tertiary alicyclic amines) is 1. The largest absolute Gasteiger partial charge is 0.383 e. The predicted molar refractivity (Wildman–Crippen MR) is 122 cm³/mol. The number of hydrogen-bond acceptors (Lipinski definition) is 4. The van der Waals surface area contributed by atoms with Crippen molar-refractivity contribution in [2.45, 2.75) is 51.6 Å². The van der Waals surface area contributed by atoms with Crippen LogP contribution in [0, 0.1) is 5.92 Å². The SMILES string of the molecule is CCNC(=NCc1ccc(NCCOC)cc1)NC1CCN(C(=O)C2CCCC2)C1. The minimum absolute atomic E-state index is 0.262. The van der Waals surface area contributed by atoms with E-state index in [9.17, 15) is 4.79 Å². The standard InChI is InChI=1S/C23H37N5O2/c1-3-24-23(26-16-18-8-10-20(11-9-18)25-13-15-30-2)27-21-12-14-28(17-21)22(29)19-6-4-5-7-19/h8-11,19,21,25H,3-7,12-17H2,1-2H3,(H2,24,26,27). The zero-order chi connectivity index (χ0) is 21.2. The van der Waals surface area contributed by atoms with Gasteiger partial charge in [0.05, 0.1) is 13.2 Å². The van der Waals surface area contributed by atoms with Crippen LogP contribution in [0.25, 0.3) is 0 Å². The molecule has 7 nitrogen and oxygen atoms in total. The van der Waals surface area contributed by atoms with E-state index in [1.807, 2.05) is 4.90 Å². The molecule has 2 fully saturated rings. The number of methoxy groups -OCH3 is 1. The average molecular weight is 416 g/mol. The van der Waals surface area contributed by atoms with Crippen molar-refractivity contribution >= 4 is 17.6 Å². The molecule has 0 aromatic heterocycles. The molecule has 1 saturated carbocycles. The summed E-state index contributed by atoms with van der Waals surface area (Å²) < 4.78 is 5.06. The molecule has 7 heteroatoms. The third-order valence-corrected chi connectivity index (χ3v) is 5.90. The fraction of sp³-hybridized carbons (Fsp3) is 0.652. The average Bonchev–Trinajstić information content (AvgIpc) is 3.45. The highest BCUT2D eigenvalue weighted by molar-refractivity contribution is 5.81. The highest BCUT2D eigenvalue weighted by atomic mass is 16.5. The third-order valence-electron chi connectivity index (χ3n) is 5.90. The van der Waals surface area contributed by atoms with Crippen LogP contribution in [-0.2, 0) is 16.1 Å². The molecule has 0 radical (unpaired) electrons. The first-order valence-electron chi connectivity index (χ1n) is 11.3. The van der Waals surface area contributed by atoms with Gasteiger partial charge in [0.1, 0.15) is 0 Å². The van der Waals surface area contributed by atoms with Gasteiger partial charge in [-0.2, -0.15) is 0 Å². The van der Waals surface area contributed by atoms with Crippen LogP contribution in [-0.4, -0.2) is 62.7 Å². The summed E-state index contributed by atoms with van der Waals surface area (Å²) in [6.07, 6.45) is 5.52. The summed E-state index contributed by atoms with van der Waals surface area (Å²) in [5, 5.41) is 10.2. The predicted octanol–water partition coefficient (Wildman–Crippen LogP) is 2.59. The Morgan fingerprint density at radius 1 is 1.20 bits per heavy atom. The number of rotatable bonds is 9. The second-order valence-electron chi connectivity index (χ2n) is 8.21. The van der Waals surface area contributed by atoms with E-state index < -0.39 is 0 Å². The molecule has 1 atom stereocenters. The number of carbonyl (C=O) groups excluding carboxylic acids is 1. The summed E-state index contributed by atoms with van der Waals surface area (Å²) in [6.45, 7) is 6.61. The van der Waals surface area contributed by atoms with Crippen molar-refractivity contribution in [2.75, 3.05) is 45.2 Å². The quantitative estimate of drug-likeness (QED) is 0.328. The monoisotopic (exact) mass is 415 g/mol. The second-order valence-corrected chi connectivity index (χ2v) is 8.21. The van der Waals surface area contributed by atoms with Crippen molar-refractivity contribution in [3.63, 3.8) is 0 Å². The van der Waals surface area contributed by atoms with Gasteiger partial charge in [-0.3, -0.25) is 4.79 Å². The molecule has 30 heavy (non-hydrogen) atoms. The van der Waals surface area contributed by atoms with E-state index in [-0.39, 0.29) is 12.0 Å². The number of amides is 1. The molecule has 2 aliphatic rings. The van der Waals surface area contributed by atoms with Crippen LogP contribution < -0.4 is 16.0 Å². The Morgan fingerprint density at radius 2 is 1.97 bits per heavy atom. The van der Waals surface area contributed by atoms with E-state index in [2.05, 4.69) is 47.1 Å². The number of ether oxygens (including phenoxy) is 1. The highest BCUT2D eigenvalue weighted by Crippen LogP contribution is 2.27. The van der Waals surface area contributed by atoms with Crippen molar-refractivity contribution < 1.29 is 9.53 Å². The van der Waals surface area contributed by atoms with E-state index in [0.29, 0.717) is 19.1 Å². The van der Waals surface area contributed by atoms with Crippen molar-refractivity contribution in [3.05, 3.63) is 29.8 Å². The number of aliphatic imine (C=N–C) groups is 1. The maximum atomic E-state index is 12.7. The highest BCUT2D eigenvalue weighted by Gasteiger charge is 2.32. The lowest BCUT2D eigenvalue weighted by Gasteiger charge is -2.21. The Morgan fingerprint density at radius 3 is 2.67 bits per heavy atom. The molecule has 1 aliphatic carbocycles. The lowest BCUT2D eigenvalue weighted by atomic mass is 10.1. The van der Waals surface area contributed by atoms with Crippen molar-refractivity contribution in [3.8, 4) is 0 Å². The van der Waals surface area contributed by atoms with Gasteiger partial charge in [0.25, 0.3) is 0 Å². The van der Waals surface area contributed by atoms with Gasteiger partial charge < -0.3 is 25.6 Å². The molecule has 166 valence electrons. The summed E-state index contributed by atoms with van der Waals surface area (Å²) in [4.78, 5) is 19.5. The maximum Gasteiger partial charge on any atom is 0.225 e. The van der Waals surface area contributed by atoms with Gasteiger partial charge in [-0.15, -0.1) is 0 Å². The summed E-state index contributed by atoms with van der Waals surface area (Å²) in [7, 11) is 1.70. The molecule has 3 rings (SSSR count). The molecule has 1 aromatic carbocycles. The van der Waals surface area contributed by atoms with Crippen LogP contribution in [0.15, 0.2) is 29.3 Å². The molecule has 1 unspecified atom stereocenters. The number of benzene rings is 1. The molecule has 1 aromatic rings. The van der Waals surface area contributed by atoms with Gasteiger partial charge in [-0.25, -0.2) is 4.99 Å². The first-order chi connectivity index (χ1) is 14.7. The summed E-state index contributed by atoms with van der Waals surface area (Å²) in [6, 6.07) is 8.61. The minimum atomic E-state index is 0.262. The Labute approximate surface area is 180 Å². The Hall–Kier alpha value is -2.28. The van der Waals surface area contributed by atoms with Crippen LogP contribution >= 0.6 is 0 Å². The molecule has 1 heterocycles. The van der Waals surface area contributed by atoms with E-state index in [1.54, 1.807) is 7.11 Å². The fourth-order valence-corrected chi connectivity index (χ4v) is 4.22. The number of carbonyl (C=O) groups is 1.